The largest absolute Gasteiger partial charge is 0.466 e. The summed E-state index contributed by atoms with van der Waals surface area (Å²) in [5, 5.41) is 12.7. The Morgan fingerprint density at radius 3 is 0.804 bits per heavy atom. The number of esters is 4. The molecule has 0 aliphatic heterocycles. The highest BCUT2D eigenvalue weighted by atomic mass is 16.5. The third-order valence-corrected chi connectivity index (χ3v) is 18.3. The average Bonchev–Trinajstić information content (AvgIpc) is 3.75. The van der Waals surface area contributed by atoms with Crippen molar-refractivity contribution in [2.24, 2.45) is 0 Å². The minimum Gasteiger partial charge on any atom is -0.466 e. The summed E-state index contributed by atoms with van der Waals surface area (Å²) in [6, 6.07) is 0. The van der Waals surface area contributed by atoms with Crippen LogP contribution in [0.3, 0.4) is 0 Å². The Labute approximate surface area is 572 Å². The van der Waals surface area contributed by atoms with Gasteiger partial charge in [0.05, 0.1) is 52.3 Å². The second kappa shape index (κ2) is 81.2. The van der Waals surface area contributed by atoms with Crippen molar-refractivity contribution in [2.45, 2.75) is 407 Å². The first-order chi connectivity index (χ1) is 45.2. The predicted molar refractivity (Wildman–Crippen MR) is 393 cm³/mol. The van der Waals surface area contributed by atoms with E-state index in [-0.39, 0.29) is 30.5 Å². The topological polar surface area (TPSA) is 144 Å². The minimum absolute atomic E-state index is 0.0477. The molecule has 0 saturated heterocycles. The van der Waals surface area contributed by atoms with Gasteiger partial charge in [-0.2, -0.15) is 0 Å². The summed E-state index contributed by atoms with van der Waals surface area (Å²) < 4.78 is 21.7. The van der Waals surface area contributed by atoms with Gasteiger partial charge < -0.3 is 34.3 Å². The van der Waals surface area contributed by atoms with Gasteiger partial charge in [-0.3, -0.25) is 24.1 Å². The molecule has 0 atom stereocenters. The molecule has 0 spiro atoms. The van der Waals surface area contributed by atoms with E-state index in [9.17, 15) is 24.3 Å². The van der Waals surface area contributed by atoms with Crippen molar-refractivity contribution in [3.63, 3.8) is 0 Å². The van der Waals surface area contributed by atoms with Crippen LogP contribution in [-0.4, -0.2) is 125 Å². The average molecular weight is 1310 g/mol. The minimum atomic E-state index is -0.161. The number of aliphatic hydroxyl groups excluding tert-OH is 1. The molecular formula is C80H159N3O9. The van der Waals surface area contributed by atoms with Crippen molar-refractivity contribution in [3.8, 4) is 0 Å². The zero-order valence-corrected chi connectivity index (χ0v) is 62.3. The van der Waals surface area contributed by atoms with Crippen molar-refractivity contribution < 1.29 is 43.2 Å². The van der Waals surface area contributed by atoms with Gasteiger partial charge in [-0.25, -0.2) is 0 Å². The first kappa shape index (κ1) is 91.8. The number of hydrogen-bond donors (Lipinski definition) is 2. The molecule has 12 heteroatoms. The fraction of sp³-hybridized carbons (Fsp3) is 0.950. The molecule has 0 aromatic carbocycles. The third-order valence-electron chi connectivity index (χ3n) is 18.3. The molecule has 0 bridgehead atoms. The second-order valence-electron chi connectivity index (χ2n) is 27.5. The maximum absolute atomic E-state index is 12.2. The lowest BCUT2D eigenvalue weighted by Crippen LogP contribution is -2.36. The van der Waals surface area contributed by atoms with Crippen LogP contribution in [0, 0.1) is 0 Å². The second-order valence-corrected chi connectivity index (χ2v) is 27.5. The summed E-state index contributed by atoms with van der Waals surface area (Å²) in [5.74, 6) is -0.429. The molecule has 2 N–H and O–H groups in total. The molecule has 0 aliphatic carbocycles. The number of hydrogen-bond acceptors (Lipinski definition) is 12. The van der Waals surface area contributed by atoms with E-state index in [2.05, 4.69) is 49.9 Å². The molecule has 0 radical (unpaired) electrons. The van der Waals surface area contributed by atoms with E-state index >= 15 is 0 Å². The van der Waals surface area contributed by atoms with E-state index in [1.54, 1.807) is 0 Å². The summed E-state index contributed by atoms with van der Waals surface area (Å²) in [6.07, 6.45) is 73.1. The molecule has 0 fully saturated rings. The highest BCUT2D eigenvalue weighted by Gasteiger charge is 2.11. The number of ether oxygens (including phenoxy) is 4. The lowest BCUT2D eigenvalue weighted by molar-refractivity contribution is -0.145. The van der Waals surface area contributed by atoms with Gasteiger partial charge >= 0.3 is 23.9 Å². The Morgan fingerprint density at radius 1 is 0.261 bits per heavy atom. The predicted octanol–water partition coefficient (Wildman–Crippen LogP) is 22.1. The first-order valence-electron chi connectivity index (χ1n) is 40.6. The van der Waals surface area contributed by atoms with Crippen LogP contribution >= 0.6 is 0 Å². The Morgan fingerprint density at radius 2 is 0.511 bits per heavy atom. The molecule has 0 aromatic heterocycles. The van der Waals surface area contributed by atoms with Crippen molar-refractivity contribution in [1.82, 2.24) is 15.1 Å². The van der Waals surface area contributed by atoms with Crippen molar-refractivity contribution in [2.75, 3.05) is 85.9 Å². The van der Waals surface area contributed by atoms with Crippen LogP contribution in [0.15, 0.2) is 0 Å². The Kier molecular flexibility index (Phi) is 81.0. The zero-order chi connectivity index (χ0) is 67.2. The highest BCUT2D eigenvalue weighted by molar-refractivity contribution is 5.70. The number of nitrogens with one attached hydrogen (secondary N) is 1. The molecule has 12 nitrogen and oxygen atoms in total. The van der Waals surface area contributed by atoms with Crippen LogP contribution < -0.4 is 5.32 Å². The molecular weight excluding hydrogens is 1150 g/mol. The summed E-state index contributed by atoms with van der Waals surface area (Å²) in [6.45, 7) is 16.1. The number of carbonyl (C=O) groups is 4. The summed E-state index contributed by atoms with van der Waals surface area (Å²) in [7, 11) is 2.06. The number of unbranched alkanes of at least 4 members (excludes halogenated alkanes) is 50. The third kappa shape index (κ3) is 80.2. The monoisotopic (exact) mass is 1310 g/mol. The zero-order valence-electron chi connectivity index (χ0n) is 62.3. The van der Waals surface area contributed by atoms with E-state index in [0.29, 0.717) is 84.8 Å². The number of nitrogens with zero attached hydrogens (tertiary/aromatic N) is 2. The Bertz CT molecular complexity index is 1470. The van der Waals surface area contributed by atoms with Gasteiger partial charge in [0.2, 0.25) is 0 Å². The highest BCUT2D eigenvalue weighted by Crippen LogP contribution is 2.17. The summed E-state index contributed by atoms with van der Waals surface area (Å²) in [5.41, 5.74) is 0. The molecule has 0 rings (SSSR count). The van der Waals surface area contributed by atoms with Gasteiger partial charge in [-0.15, -0.1) is 0 Å². The van der Waals surface area contributed by atoms with E-state index in [1.807, 2.05) is 0 Å². The molecule has 0 aliphatic rings. The molecule has 0 amide bonds. The SMILES string of the molecule is CCCCCCCCCCCCCCCOC(=O)CCCCCN(C)CCC(=O)OCCCCCCCCCCCCCCC.CCCCCCCCCCCCCCCOC(=O)CCNCCN(CCO)CCC(=O)OCCCCCCCCCCCCCCC. The first-order valence-corrected chi connectivity index (χ1v) is 40.6. The van der Waals surface area contributed by atoms with Crippen molar-refractivity contribution >= 4 is 23.9 Å². The van der Waals surface area contributed by atoms with Gasteiger partial charge in [-0.05, 0) is 52.1 Å². The van der Waals surface area contributed by atoms with Crippen LogP contribution in [0.5, 0.6) is 0 Å². The van der Waals surface area contributed by atoms with Gasteiger partial charge in [-0.1, -0.05) is 342 Å². The molecule has 92 heavy (non-hydrogen) atoms. The fourth-order valence-electron chi connectivity index (χ4n) is 12.0. The van der Waals surface area contributed by atoms with E-state index < -0.39 is 0 Å². The summed E-state index contributed by atoms with van der Waals surface area (Å²) >= 11 is 0. The van der Waals surface area contributed by atoms with Crippen LogP contribution in [-0.2, 0) is 38.1 Å². The summed E-state index contributed by atoms with van der Waals surface area (Å²) in [4.78, 5) is 52.5. The molecule has 0 saturated carbocycles. The van der Waals surface area contributed by atoms with Crippen LogP contribution in [0.1, 0.15) is 407 Å². The molecule has 548 valence electrons. The van der Waals surface area contributed by atoms with Gasteiger partial charge in [0.1, 0.15) is 0 Å². The maximum Gasteiger partial charge on any atom is 0.307 e. The maximum atomic E-state index is 12.2. The van der Waals surface area contributed by atoms with Gasteiger partial charge in [0, 0.05) is 45.7 Å². The quantitative estimate of drug-likeness (QED) is 0.0340. The van der Waals surface area contributed by atoms with Crippen LogP contribution in [0.25, 0.3) is 0 Å². The van der Waals surface area contributed by atoms with Gasteiger partial charge in [0.25, 0.3) is 0 Å². The Balaban J connectivity index is 0. The Hall–Kier alpha value is -2.28. The van der Waals surface area contributed by atoms with Crippen molar-refractivity contribution in [1.29, 1.82) is 0 Å². The lowest BCUT2D eigenvalue weighted by Gasteiger charge is -2.21. The molecule has 0 aromatic rings. The van der Waals surface area contributed by atoms with E-state index in [4.69, 9.17) is 18.9 Å². The van der Waals surface area contributed by atoms with Crippen LogP contribution in [0.2, 0.25) is 0 Å². The number of rotatable bonds is 76. The molecule has 0 unspecified atom stereocenters. The number of aliphatic hydroxyl groups is 1. The smallest absolute Gasteiger partial charge is 0.307 e. The fourth-order valence-corrected chi connectivity index (χ4v) is 12.0. The van der Waals surface area contributed by atoms with E-state index in [1.165, 1.54) is 289 Å². The van der Waals surface area contributed by atoms with E-state index in [0.717, 1.165) is 77.3 Å². The number of carbonyl (C=O) groups excluding carboxylic acids is 4. The van der Waals surface area contributed by atoms with Gasteiger partial charge in [0.15, 0.2) is 0 Å². The lowest BCUT2D eigenvalue weighted by atomic mass is 10.0. The van der Waals surface area contributed by atoms with Crippen molar-refractivity contribution in [3.05, 3.63) is 0 Å². The standard InChI is InChI=1S/C40H80N2O5.C40H79NO4/c1-3-5-7-9-11-13-15-17-19-21-23-25-27-37-46-39(44)29-31-41-32-34-42(35-36-43)33-30-40(45)47-38-28-26-24-22-20-18-16-14-12-10-8-6-4-2;1-4-6-8-10-12-14-16-18-20-22-24-26-31-37-44-39(42)33-29-28-30-35-41(3)36-34-40(43)45-38-32-27-25-23-21-19-17-15-13-11-9-7-5-2/h41,43H,3-38H2,1-2H3;4-38H2,1-3H3. The molecule has 0 heterocycles. The van der Waals surface area contributed by atoms with Crippen LogP contribution in [0.4, 0.5) is 0 Å². The normalized spacial score (nSPS) is 11.4.